The van der Waals surface area contributed by atoms with Gasteiger partial charge in [-0.3, -0.25) is 9.48 Å². The Morgan fingerprint density at radius 1 is 1.13 bits per heavy atom. The third-order valence-electron chi connectivity index (χ3n) is 4.69. The van der Waals surface area contributed by atoms with E-state index in [0.717, 1.165) is 21.3 Å². The molecule has 2 heterocycles. The number of carbonyl (C=O) groups excluding carboxylic acids is 1. The fraction of sp³-hybridized carbons (Fsp3) is 0.174. The molecule has 1 N–H and O–H groups in total. The summed E-state index contributed by atoms with van der Waals surface area (Å²) in [6.07, 6.45) is 5.37. The van der Waals surface area contributed by atoms with Gasteiger partial charge in [0.25, 0.3) is 5.91 Å². The number of halogens is 1. The van der Waals surface area contributed by atoms with Gasteiger partial charge in [0, 0.05) is 18.1 Å². The SMILES string of the molecule is Cc1ccc(OCn2ccc(C(=O)Nc3cccc(Cn4cc(Br)cn4)c3)n2)c(C)c1. The molecule has 4 aromatic rings. The Labute approximate surface area is 188 Å². The normalized spacial score (nSPS) is 10.8. The number of anilines is 1. The highest BCUT2D eigenvalue weighted by molar-refractivity contribution is 9.10. The number of amides is 1. The summed E-state index contributed by atoms with van der Waals surface area (Å²) in [5.41, 5.74) is 4.30. The first kappa shape index (κ1) is 20.9. The van der Waals surface area contributed by atoms with E-state index in [1.807, 2.05) is 61.1 Å². The van der Waals surface area contributed by atoms with Crippen LogP contribution in [-0.2, 0) is 13.3 Å². The van der Waals surface area contributed by atoms with Gasteiger partial charge in [0.1, 0.15) is 5.75 Å². The van der Waals surface area contributed by atoms with E-state index >= 15 is 0 Å². The average molecular weight is 480 g/mol. The van der Waals surface area contributed by atoms with Crippen molar-refractivity contribution in [3.63, 3.8) is 0 Å². The number of hydrogen-bond acceptors (Lipinski definition) is 4. The summed E-state index contributed by atoms with van der Waals surface area (Å²) in [7, 11) is 0. The van der Waals surface area contributed by atoms with E-state index in [0.29, 0.717) is 17.9 Å². The molecular weight excluding hydrogens is 458 g/mol. The molecule has 0 saturated heterocycles. The molecule has 158 valence electrons. The number of ether oxygens (including phenoxy) is 1. The average Bonchev–Trinajstić information content (AvgIpc) is 3.37. The predicted octanol–water partition coefficient (Wildman–Crippen LogP) is 4.80. The van der Waals surface area contributed by atoms with Crippen molar-refractivity contribution in [2.75, 3.05) is 5.32 Å². The van der Waals surface area contributed by atoms with E-state index in [1.165, 1.54) is 5.56 Å². The predicted molar refractivity (Wildman–Crippen MR) is 122 cm³/mol. The number of nitrogens with zero attached hydrogens (tertiary/aromatic N) is 4. The summed E-state index contributed by atoms with van der Waals surface area (Å²) in [5, 5.41) is 11.5. The van der Waals surface area contributed by atoms with E-state index in [-0.39, 0.29) is 12.6 Å². The molecule has 0 aliphatic carbocycles. The molecular formula is C23H22BrN5O2. The van der Waals surface area contributed by atoms with Crippen molar-refractivity contribution in [2.45, 2.75) is 27.1 Å². The molecule has 1 amide bonds. The van der Waals surface area contributed by atoms with Crippen LogP contribution in [0.25, 0.3) is 0 Å². The Morgan fingerprint density at radius 2 is 2.00 bits per heavy atom. The minimum absolute atomic E-state index is 0.228. The van der Waals surface area contributed by atoms with Crippen LogP contribution in [0.2, 0.25) is 0 Å². The third kappa shape index (κ3) is 5.40. The van der Waals surface area contributed by atoms with Crippen LogP contribution in [0.4, 0.5) is 5.69 Å². The van der Waals surface area contributed by atoms with E-state index in [1.54, 1.807) is 23.1 Å². The molecule has 7 nitrogen and oxygen atoms in total. The van der Waals surface area contributed by atoms with Crippen molar-refractivity contribution in [3.05, 3.63) is 94.0 Å². The molecule has 2 aromatic carbocycles. The van der Waals surface area contributed by atoms with Crippen molar-refractivity contribution in [3.8, 4) is 5.75 Å². The molecule has 0 bridgehead atoms. The van der Waals surface area contributed by atoms with Crippen molar-refractivity contribution in [1.82, 2.24) is 19.6 Å². The summed E-state index contributed by atoms with van der Waals surface area (Å²) < 4.78 is 10.2. The van der Waals surface area contributed by atoms with Crippen LogP contribution < -0.4 is 10.1 Å². The van der Waals surface area contributed by atoms with Crippen LogP contribution in [0.5, 0.6) is 5.75 Å². The molecule has 0 radical (unpaired) electrons. The topological polar surface area (TPSA) is 74.0 Å². The van der Waals surface area contributed by atoms with Gasteiger partial charge in [-0.25, -0.2) is 4.68 Å². The molecule has 4 rings (SSSR count). The van der Waals surface area contributed by atoms with Gasteiger partial charge in [0.2, 0.25) is 0 Å². The molecule has 2 aromatic heterocycles. The molecule has 0 spiro atoms. The number of benzene rings is 2. The van der Waals surface area contributed by atoms with E-state index in [4.69, 9.17) is 4.74 Å². The van der Waals surface area contributed by atoms with Crippen molar-refractivity contribution < 1.29 is 9.53 Å². The quantitative estimate of drug-likeness (QED) is 0.413. The number of aryl methyl sites for hydroxylation is 2. The van der Waals surface area contributed by atoms with Gasteiger partial charge in [-0.15, -0.1) is 0 Å². The minimum Gasteiger partial charge on any atom is -0.471 e. The zero-order chi connectivity index (χ0) is 21.8. The molecule has 31 heavy (non-hydrogen) atoms. The van der Waals surface area contributed by atoms with E-state index in [9.17, 15) is 4.79 Å². The zero-order valence-corrected chi connectivity index (χ0v) is 18.8. The van der Waals surface area contributed by atoms with Gasteiger partial charge in [-0.1, -0.05) is 29.8 Å². The smallest absolute Gasteiger partial charge is 0.276 e. The number of nitrogens with one attached hydrogen (secondary N) is 1. The summed E-state index contributed by atoms with van der Waals surface area (Å²) in [4.78, 5) is 12.6. The Kier molecular flexibility index (Phi) is 6.18. The first-order valence-electron chi connectivity index (χ1n) is 9.78. The Hall–Kier alpha value is -3.39. The molecule has 0 atom stereocenters. The van der Waals surface area contributed by atoms with Gasteiger partial charge >= 0.3 is 0 Å². The maximum Gasteiger partial charge on any atom is 0.276 e. The van der Waals surface area contributed by atoms with Crippen molar-refractivity contribution in [2.24, 2.45) is 0 Å². The van der Waals surface area contributed by atoms with Gasteiger partial charge in [0.05, 0.1) is 17.2 Å². The van der Waals surface area contributed by atoms with Crippen LogP contribution in [-0.4, -0.2) is 25.5 Å². The standard InChI is InChI=1S/C23H22BrN5O2/c1-16-6-7-22(17(2)10-16)31-15-28-9-8-21(27-28)23(30)26-20-5-3-4-18(11-20)13-29-14-19(24)12-25-29/h3-12,14H,13,15H2,1-2H3,(H,26,30). The molecule has 8 heteroatoms. The maximum atomic E-state index is 12.6. The lowest BCUT2D eigenvalue weighted by Gasteiger charge is -2.09. The Morgan fingerprint density at radius 3 is 2.77 bits per heavy atom. The fourth-order valence-corrected chi connectivity index (χ4v) is 3.53. The minimum atomic E-state index is -0.274. The van der Waals surface area contributed by atoms with Crippen LogP contribution in [0.15, 0.2) is 71.6 Å². The van der Waals surface area contributed by atoms with Gasteiger partial charge in [0.15, 0.2) is 12.4 Å². The van der Waals surface area contributed by atoms with Gasteiger partial charge in [-0.2, -0.15) is 10.2 Å². The highest BCUT2D eigenvalue weighted by Crippen LogP contribution is 2.19. The highest BCUT2D eigenvalue weighted by atomic mass is 79.9. The summed E-state index contributed by atoms with van der Waals surface area (Å²) >= 11 is 3.39. The van der Waals surface area contributed by atoms with Crippen LogP contribution in [0.3, 0.4) is 0 Å². The lowest BCUT2D eigenvalue weighted by atomic mass is 10.1. The molecule has 0 fully saturated rings. The monoisotopic (exact) mass is 479 g/mol. The van der Waals surface area contributed by atoms with E-state index in [2.05, 4.69) is 37.5 Å². The van der Waals surface area contributed by atoms with Gasteiger partial charge in [-0.05, 0) is 65.2 Å². The lowest BCUT2D eigenvalue weighted by Crippen LogP contribution is -2.14. The second kappa shape index (κ2) is 9.18. The number of aromatic nitrogens is 4. The van der Waals surface area contributed by atoms with Gasteiger partial charge < -0.3 is 10.1 Å². The number of rotatable bonds is 7. The first-order chi connectivity index (χ1) is 15.0. The third-order valence-corrected chi connectivity index (χ3v) is 5.10. The molecule has 0 aliphatic rings. The van der Waals surface area contributed by atoms with Crippen LogP contribution in [0, 0.1) is 13.8 Å². The zero-order valence-electron chi connectivity index (χ0n) is 17.2. The summed E-state index contributed by atoms with van der Waals surface area (Å²) in [6, 6.07) is 15.3. The highest BCUT2D eigenvalue weighted by Gasteiger charge is 2.11. The Bertz CT molecular complexity index is 1210. The maximum absolute atomic E-state index is 12.6. The Balaban J connectivity index is 1.37. The van der Waals surface area contributed by atoms with E-state index < -0.39 is 0 Å². The first-order valence-corrected chi connectivity index (χ1v) is 10.6. The molecule has 0 saturated carbocycles. The van der Waals surface area contributed by atoms with Crippen molar-refractivity contribution in [1.29, 1.82) is 0 Å². The second-order valence-corrected chi connectivity index (χ2v) is 8.21. The molecule has 0 aliphatic heterocycles. The summed E-state index contributed by atoms with van der Waals surface area (Å²) in [6.45, 7) is 4.89. The largest absolute Gasteiger partial charge is 0.471 e. The fourth-order valence-electron chi connectivity index (χ4n) is 3.21. The van der Waals surface area contributed by atoms with Crippen LogP contribution >= 0.6 is 15.9 Å². The summed E-state index contributed by atoms with van der Waals surface area (Å²) in [5.74, 6) is 0.525. The molecule has 0 unspecified atom stereocenters. The van der Waals surface area contributed by atoms with Crippen LogP contribution in [0.1, 0.15) is 27.2 Å². The lowest BCUT2D eigenvalue weighted by molar-refractivity contribution is 0.102. The van der Waals surface area contributed by atoms with Crippen molar-refractivity contribution >= 4 is 27.5 Å². The number of carbonyl (C=O) groups is 1. The number of hydrogen-bond donors (Lipinski definition) is 1. The second-order valence-electron chi connectivity index (χ2n) is 7.29.